The molecule has 6 nitrogen and oxygen atoms in total. The third-order valence-corrected chi connectivity index (χ3v) is 4.47. The molecule has 3 aromatic rings. The Bertz CT molecular complexity index is 902. The molecule has 24 heavy (non-hydrogen) atoms. The fourth-order valence-corrected chi connectivity index (χ4v) is 3.36. The van der Waals surface area contributed by atoms with Crippen LogP contribution >= 0.6 is 0 Å². The Labute approximate surface area is 140 Å². The van der Waals surface area contributed by atoms with Gasteiger partial charge in [0.05, 0.1) is 19.2 Å². The molecular formula is C18H21N5O. The van der Waals surface area contributed by atoms with Crippen molar-refractivity contribution in [3.63, 3.8) is 0 Å². The summed E-state index contributed by atoms with van der Waals surface area (Å²) >= 11 is 0. The summed E-state index contributed by atoms with van der Waals surface area (Å²) in [5.41, 5.74) is 3.06. The Kier molecular flexibility index (Phi) is 3.59. The number of nitrogens with zero attached hydrogens (tertiary/aromatic N) is 4. The molecule has 0 aliphatic carbocycles. The number of fused-ring (bicyclic) bond motifs is 2. The van der Waals surface area contributed by atoms with Crippen molar-refractivity contribution in [2.75, 3.05) is 12.4 Å². The highest BCUT2D eigenvalue weighted by Gasteiger charge is 2.21. The highest BCUT2D eigenvalue weighted by Crippen LogP contribution is 2.28. The van der Waals surface area contributed by atoms with Crippen LogP contribution in [0.4, 0.5) is 5.69 Å². The van der Waals surface area contributed by atoms with E-state index in [0.29, 0.717) is 6.04 Å². The van der Waals surface area contributed by atoms with Gasteiger partial charge in [-0.15, -0.1) is 0 Å². The number of pyridine rings is 1. The number of methoxy groups -OCH3 is 1. The standard InChI is InChI=1S/C18H21N5O/c1-11-8-16(15-6-5-14(24-3)9-17(15)19-11)21-13-4-7-18-20-12(2)22-23(18)10-13/h5-6,8-9,13H,4,7,10H2,1-3H3,(H,19,21). The van der Waals surface area contributed by atoms with Crippen molar-refractivity contribution in [1.82, 2.24) is 19.7 Å². The molecule has 2 aromatic heterocycles. The fourth-order valence-electron chi connectivity index (χ4n) is 3.36. The smallest absolute Gasteiger partial charge is 0.147 e. The summed E-state index contributed by atoms with van der Waals surface area (Å²) in [6.07, 6.45) is 2.01. The van der Waals surface area contributed by atoms with Gasteiger partial charge in [0, 0.05) is 35.3 Å². The minimum Gasteiger partial charge on any atom is -0.497 e. The zero-order valence-corrected chi connectivity index (χ0v) is 14.2. The molecule has 0 saturated heterocycles. The van der Waals surface area contributed by atoms with E-state index >= 15 is 0 Å². The van der Waals surface area contributed by atoms with Crippen LogP contribution in [-0.2, 0) is 13.0 Å². The van der Waals surface area contributed by atoms with Gasteiger partial charge < -0.3 is 10.1 Å². The lowest BCUT2D eigenvalue weighted by Gasteiger charge is -2.25. The Morgan fingerprint density at radius 3 is 2.92 bits per heavy atom. The SMILES string of the molecule is COc1ccc2c(NC3CCc4nc(C)nn4C3)cc(C)nc2c1. The normalized spacial score (nSPS) is 16.9. The van der Waals surface area contributed by atoms with E-state index in [2.05, 4.69) is 32.5 Å². The Balaban J connectivity index is 1.65. The highest BCUT2D eigenvalue weighted by atomic mass is 16.5. The molecular weight excluding hydrogens is 302 g/mol. The van der Waals surface area contributed by atoms with Crippen LogP contribution in [0.2, 0.25) is 0 Å². The number of aromatic nitrogens is 4. The van der Waals surface area contributed by atoms with Crippen molar-refractivity contribution in [1.29, 1.82) is 0 Å². The van der Waals surface area contributed by atoms with Gasteiger partial charge in [0.2, 0.25) is 0 Å². The van der Waals surface area contributed by atoms with Crippen molar-refractivity contribution in [2.24, 2.45) is 0 Å². The van der Waals surface area contributed by atoms with Crippen LogP contribution in [0.15, 0.2) is 24.3 Å². The van der Waals surface area contributed by atoms with Crippen LogP contribution in [0, 0.1) is 13.8 Å². The zero-order valence-electron chi connectivity index (χ0n) is 14.2. The minimum atomic E-state index is 0.339. The summed E-state index contributed by atoms with van der Waals surface area (Å²) in [5, 5.41) is 9.28. The fraction of sp³-hybridized carbons (Fsp3) is 0.389. The van der Waals surface area contributed by atoms with Gasteiger partial charge in [0.15, 0.2) is 0 Å². The van der Waals surface area contributed by atoms with E-state index in [1.54, 1.807) is 7.11 Å². The lowest BCUT2D eigenvalue weighted by Crippen LogP contribution is -2.32. The summed E-state index contributed by atoms with van der Waals surface area (Å²) in [6, 6.07) is 8.47. The summed E-state index contributed by atoms with van der Waals surface area (Å²) in [4.78, 5) is 9.11. The number of hydrogen-bond acceptors (Lipinski definition) is 5. The number of nitrogens with one attached hydrogen (secondary N) is 1. The molecule has 0 radical (unpaired) electrons. The van der Waals surface area contributed by atoms with Gasteiger partial charge >= 0.3 is 0 Å². The lowest BCUT2D eigenvalue weighted by atomic mass is 10.1. The predicted octanol–water partition coefficient (Wildman–Crippen LogP) is 2.88. The molecule has 6 heteroatoms. The van der Waals surface area contributed by atoms with E-state index in [1.165, 1.54) is 0 Å². The average molecular weight is 323 g/mol. The molecule has 0 fully saturated rings. The first-order valence-electron chi connectivity index (χ1n) is 8.24. The van der Waals surface area contributed by atoms with E-state index in [9.17, 15) is 0 Å². The lowest BCUT2D eigenvalue weighted by molar-refractivity contribution is 0.415. The molecule has 1 N–H and O–H groups in total. The molecule has 1 aromatic carbocycles. The first-order valence-corrected chi connectivity index (χ1v) is 8.24. The second kappa shape index (κ2) is 5.78. The molecule has 0 bridgehead atoms. The maximum atomic E-state index is 5.31. The Morgan fingerprint density at radius 2 is 2.08 bits per heavy atom. The maximum absolute atomic E-state index is 5.31. The minimum absolute atomic E-state index is 0.339. The van der Waals surface area contributed by atoms with Gasteiger partial charge in [0.25, 0.3) is 0 Å². The van der Waals surface area contributed by atoms with E-state index in [1.807, 2.05) is 30.7 Å². The predicted molar refractivity (Wildman–Crippen MR) is 93.5 cm³/mol. The van der Waals surface area contributed by atoms with Crippen LogP contribution in [0.5, 0.6) is 5.75 Å². The first-order chi connectivity index (χ1) is 11.6. The first kappa shape index (κ1) is 14.9. The largest absolute Gasteiger partial charge is 0.497 e. The third kappa shape index (κ3) is 2.68. The highest BCUT2D eigenvalue weighted by molar-refractivity contribution is 5.92. The number of hydrogen-bond donors (Lipinski definition) is 1. The number of ether oxygens (including phenoxy) is 1. The van der Waals surface area contributed by atoms with Crippen molar-refractivity contribution >= 4 is 16.6 Å². The van der Waals surface area contributed by atoms with E-state index < -0.39 is 0 Å². The Hall–Kier alpha value is -2.63. The van der Waals surface area contributed by atoms with E-state index in [-0.39, 0.29) is 0 Å². The van der Waals surface area contributed by atoms with Crippen LogP contribution in [0.25, 0.3) is 10.9 Å². The van der Waals surface area contributed by atoms with Crippen LogP contribution in [0.3, 0.4) is 0 Å². The molecule has 4 rings (SSSR count). The Morgan fingerprint density at radius 1 is 1.21 bits per heavy atom. The zero-order chi connectivity index (χ0) is 16.7. The molecule has 0 amide bonds. The number of anilines is 1. The van der Waals surface area contributed by atoms with Crippen LogP contribution < -0.4 is 10.1 Å². The second-order valence-electron chi connectivity index (χ2n) is 6.33. The van der Waals surface area contributed by atoms with Crippen molar-refractivity contribution in [3.05, 3.63) is 41.6 Å². The quantitative estimate of drug-likeness (QED) is 0.803. The molecule has 0 spiro atoms. The number of benzene rings is 1. The summed E-state index contributed by atoms with van der Waals surface area (Å²) < 4.78 is 7.34. The van der Waals surface area contributed by atoms with Gasteiger partial charge in [-0.3, -0.25) is 4.98 Å². The van der Waals surface area contributed by atoms with Gasteiger partial charge in [0.1, 0.15) is 17.4 Å². The summed E-state index contributed by atoms with van der Waals surface area (Å²) in [6.45, 7) is 4.81. The maximum Gasteiger partial charge on any atom is 0.147 e. The molecule has 1 aliphatic rings. The topological polar surface area (TPSA) is 64.9 Å². The molecule has 0 saturated carbocycles. The summed E-state index contributed by atoms with van der Waals surface area (Å²) in [5.74, 6) is 2.76. The molecule has 1 atom stereocenters. The molecule has 1 unspecified atom stereocenters. The summed E-state index contributed by atoms with van der Waals surface area (Å²) in [7, 11) is 1.68. The second-order valence-corrected chi connectivity index (χ2v) is 6.33. The van der Waals surface area contributed by atoms with Gasteiger partial charge in [-0.1, -0.05) is 0 Å². The van der Waals surface area contributed by atoms with E-state index in [0.717, 1.165) is 59.1 Å². The van der Waals surface area contributed by atoms with Crippen LogP contribution in [-0.4, -0.2) is 32.9 Å². The van der Waals surface area contributed by atoms with Gasteiger partial charge in [-0.05, 0) is 38.5 Å². The molecule has 124 valence electrons. The van der Waals surface area contributed by atoms with Crippen molar-refractivity contribution in [3.8, 4) is 5.75 Å². The van der Waals surface area contributed by atoms with E-state index in [4.69, 9.17) is 4.74 Å². The van der Waals surface area contributed by atoms with Crippen molar-refractivity contribution < 1.29 is 4.74 Å². The van der Waals surface area contributed by atoms with Gasteiger partial charge in [-0.2, -0.15) is 5.10 Å². The van der Waals surface area contributed by atoms with Crippen molar-refractivity contribution in [2.45, 2.75) is 39.3 Å². The number of aryl methyl sites for hydroxylation is 3. The van der Waals surface area contributed by atoms with Gasteiger partial charge in [-0.25, -0.2) is 9.67 Å². The average Bonchev–Trinajstić information content (AvgIpc) is 2.93. The molecule has 3 heterocycles. The van der Waals surface area contributed by atoms with Crippen LogP contribution in [0.1, 0.15) is 23.8 Å². The number of rotatable bonds is 3. The molecule has 1 aliphatic heterocycles. The monoisotopic (exact) mass is 323 g/mol. The third-order valence-electron chi connectivity index (χ3n) is 4.47.